The van der Waals surface area contributed by atoms with E-state index in [1.165, 1.54) is 12.1 Å². The third-order valence-corrected chi connectivity index (χ3v) is 5.06. The lowest BCUT2D eigenvalue weighted by Crippen LogP contribution is -2.39. The maximum absolute atomic E-state index is 12.6. The van der Waals surface area contributed by atoms with Gasteiger partial charge in [0.1, 0.15) is 0 Å². The molecule has 2 N–H and O–H groups in total. The number of hydrogen-bond donors (Lipinski definition) is 1. The number of amides is 1. The number of hydrogen-bond acceptors (Lipinski definition) is 3. The molecular weight excluding hydrogens is 312 g/mol. The maximum atomic E-state index is 12.6. The predicted octanol–water partition coefficient (Wildman–Crippen LogP) is 2.17. The van der Waals surface area contributed by atoms with Gasteiger partial charge in [0.2, 0.25) is 10.0 Å². The van der Waals surface area contributed by atoms with E-state index in [0.29, 0.717) is 30.1 Å². The summed E-state index contributed by atoms with van der Waals surface area (Å²) in [7, 11) is -3.91. The summed E-state index contributed by atoms with van der Waals surface area (Å²) in [6.45, 7) is 5.03. The van der Waals surface area contributed by atoms with Crippen molar-refractivity contribution >= 4 is 27.5 Å². The van der Waals surface area contributed by atoms with Crippen molar-refractivity contribution in [1.82, 2.24) is 4.90 Å². The van der Waals surface area contributed by atoms with Crippen molar-refractivity contribution in [3.63, 3.8) is 0 Å². The summed E-state index contributed by atoms with van der Waals surface area (Å²) in [4.78, 5) is 14.3. The molecule has 1 heterocycles. The molecule has 1 aliphatic rings. The molecule has 0 radical (unpaired) electrons. The first-order chi connectivity index (χ1) is 9.70. The van der Waals surface area contributed by atoms with Gasteiger partial charge < -0.3 is 4.90 Å². The second-order valence-electron chi connectivity index (χ2n) is 5.62. The first kappa shape index (κ1) is 16.3. The van der Waals surface area contributed by atoms with E-state index >= 15 is 0 Å². The minimum Gasteiger partial charge on any atom is -0.338 e. The average molecular weight is 331 g/mol. The average Bonchev–Trinajstić information content (AvgIpc) is 2.39. The normalized spacial score (nSPS) is 19.6. The Morgan fingerprint density at radius 3 is 2.67 bits per heavy atom. The second-order valence-corrected chi connectivity index (χ2v) is 7.59. The summed E-state index contributed by atoms with van der Waals surface area (Å²) in [5.74, 6) is 0.256. The van der Waals surface area contributed by atoms with Crippen LogP contribution in [0.1, 0.15) is 35.7 Å². The van der Waals surface area contributed by atoms with Crippen LogP contribution in [0.5, 0.6) is 0 Å². The number of nitrogens with zero attached hydrogens (tertiary/aromatic N) is 1. The number of rotatable bonds is 2. The fourth-order valence-corrected chi connectivity index (χ4v) is 3.83. The van der Waals surface area contributed by atoms with E-state index in [1.807, 2.05) is 0 Å². The molecule has 0 aliphatic carbocycles. The number of sulfonamides is 1. The van der Waals surface area contributed by atoms with E-state index < -0.39 is 10.0 Å². The third-order valence-electron chi connectivity index (χ3n) is 3.81. The van der Waals surface area contributed by atoms with Crippen molar-refractivity contribution < 1.29 is 13.2 Å². The molecule has 1 saturated heterocycles. The maximum Gasteiger partial charge on any atom is 0.254 e. The fraction of sp³-hybridized carbons (Fsp3) is 0.500. The molecule has 1 aromatic rings. The molecule has 116 valence electrons. The summed E-state index contributed by atoms with van der Waals surface area (Å²) in [5.41, 5.74) is 0.658. The standard InChI is InChI=1S/C14H19ClN2O3S/c1-9-4-3-5-17(8-9)14(18)12-6-11(15)7-13(10(12)2)21(16,19)20/h6-7,9H,3-5,8H2,1-2H3,(H2,16,19,20). The zero-order chi connectivity index (χ0) is 15.8. The lowest BCUT2D eigenvalue weighted by atomic mass is 9.98. The quantitative estimate of drug-likeness (QED) is 0.902. The molecule has 0 bridgehead atoms. The lowest BCUT2D eigenvalue weighted by Gasteiger charge is -2.31. The van der Waals surface area contributed by atoms with Crippen LogP contribution in [0.2, 0.25) is 5.02 Å². The van der Waals surface area contributed by atoms with Crippen LogP contribution in [0.25, 0.3) is 0 Å². The highest BCUT2D eigenvalue weighted by Gasteiger charge is 2.26. The van der Waals surface area contributed by atoms with Gasteiger partial charge in [-0.05, 0) is 43.4 Å². The van der Waals surface area contributed by atoms with E-state index in [4.69, 9.17) is 16.7 Å². The summed E-state index contributed by atoms with van der Waals surface area (Å²) in [6.07, 6.45) is 2.05. The van der Waals surface area contributed by atoms with Crippen LogP contribution < -0.4 is 5.14 Å². The van der Waals surface area contributed by atoms with Crippen molar-refractivity contribution in [2.24, 2.45) is 11.1 Å². The molecule has 1 unspecified atom stereocenters. The molecule has 21 heavy (non-hydrogen) atoms. The highest BCUT2D eigenvalue weighted by atomic mass is 35.5. The minimum absolute atomic E-state index is 0.0941. The van der Waals surface area contributed by atoms with E-state index in [1.54, 1.807) is 11.8 Å². The van der Waals surface area contributed by atoms with Crippen molar-refractivity contribution in [3.05, 3.63) is 28.3 Å². The molecule has 0 saturated carbocycles. The molecule has 1 atom stereocenters. The number of carbonyl (C=O) groups excluding carboxylic acids is 1. The Bertz CT molecular complexity index is 673. The van der Waals surface area contributed by atoms with Crippen LogP contribution in [0.4, 0.5) is 0 Å². The Balaban J connectivity index is 2.44. The summed E-state index contributed by atoms with van der Waals surface area (Å²) in [5, 5.41) is 5.38. The summed E-state index contributed by atoms with van der Waals surface area (Å²) >= 11 is 5.95. The lowest BCUT2D eigenvalue weighted by molar-refractivity contribution is 0.0682. The Morgan fingerprint density at radius 1 is 1.43 bits per heavy atom. The second kappa shape index (κ2) is 5.94. The van der Waals surface area contributed by atoms with Gasteiger partial charge in [0, 0.05) is 23.7 Å². The van der Waals surface area contributed by atoms with Crippen LogP contribution in [-0.4, -0.2) is 32.3 Å². The molecule has 1 fully saturated rings. The SMILES string of the molecule is Cc1c(C(=O)N2CCCC(C)C2)cc(Cl)cc1S(N)(=O)=O. The summed E-state index contributed by atoms with van der Waals surface area (Å²) < 4.78 is 23.2. The molecule has 2 rings (SSSR count). The monoisotopic (exact) mass is 330 g/mol. The highest BCUT2D eigenvalue weighted by Crippen LogP contribution is 2.26. The van der Waals surface area contributed by atoms with Gasteiger partial charge in [-0.3, -0.25) is 4.79 Å². The third kappa shape index (κ3) is 3.56. The van der Waals surface area contributed by atoms with Gasteiger partial charge in [0.25, 0.3) is 5.91 Å². The molecule has 0 spiro atoms. The molecule has 0 aromatic heterocycles. The fourth-order valence-electron chi connectivity index (χ4n) is 2.72. The molecular formula is C14H19ClN2O3S. The predicted molar refractivity (Wildman–Crippen MR) is 81.9 cm³/mol. The van der Waals surface area contributed by atoms with Crippen molar-refractivity contribution in [2.45, 2.75) is 31.6 Å². The number of carbonyl (C=O) groups is 1. The number of likely N-dealkylation sites (tertiary alicyclic amines) is 1. The van der Waals surface area contributed by atoms with Crippen LogP contribution in [0.3, 0.4) is 0 Å². The topological polar surface area (TPSA) is 80.5 Å². The number of primary sulfonamides is 1. The van der Waals surface area contributed by atoms with E-state index in [-0.39, 0.29) is 15.8 Å². The van der Waals surface area contributed by atoms with Crippen molar-refractivity contribution in [1.29, 1.82) is 0 Å². The summed E-state index contributed by atoms with van der Waals surface area (Å²) in [6, 6.07) is 2.79. The van der Waals surface area contributed by atoms with E-state index in [0.717, 1.165) is 12.8 Å². The van der Waals surface area contributed by atoms with Crippen LogP contribution in [0.15, 0.2) is 17.0 Å². The van der Waals surface area contributed by atoms with Gasteiger partial charge in [-0.25, -0.2) is 13.6 Å². The molecule has 1 aromatic carbocycles. The van der Waals surface area contributed by atoms with Gasteiger partial charge >= 0.3 is 0 Å². The van der Waals surface area contributed by atoms with Gasteiger partial charge in [-0.1, -0.05) is 18.5 Å². The smallest absolute Gasteiger partial charge is 0.254 e. The Hall–Kier alpha value is -1.11. The van der Waals surface area contributed by atoms with Crippen molar-refractivity contribution in [2.75, 3.05) is 13.1 Å². The number of benzene rings is 1. The molecule has 5 nitrogen and oxygen atoms in total. The van der Waals surface area contributed by atoms with Gasteiger partial charge in [0.15, 0.2) is 0 Å². The van der Waals surface area contributed by atoms with Crippen LogP contribution in [-0.2, 0) is 10.0 Å². The number of halogens is 1. The van der Waals surface area contributed by atoms with E-state index in [9.17, 15) is 13.2 Å². The molecule has 1 amide bonds. The number of piperidine rings is 1. The molecule has 1 aliphatic heterocycles. The van der Waals surface area contributed by atoms with Crippen molar-refractivity contribution in [3.8, 4) is 0 Å². The Morgan fingerprint density at radius 2 is 2.10 bits per heavy atom. The minimum atomic E-state index is -3.91. The van der Waals surface area contributed by atoms with Gasteiger partial charge in [0.05, 0.1) is 4.90 Å². The zero-order valence-corrected chi connectivity index (χ0v) is 13.7. The first-order valence-corrected chi connectivity index (χ1v) is 8.75. The van der Waals surface area contributed by atoms with E-state index in [2.05, 4.69) is 6.92 Å². The highest BCUT2D eigenvalue weighted by molar-refractivity contribution is 7.89. The zero-order valence-electron chi connectivity index (χ0n) is 12.1. The molecule has 7 heteroatoms. The Labute approximate surface area is 130 Å². The Kier molecular flexibility index (Phi) is 4.60. The van der Waals surface area contributed by atoms with Gasteiger partial charge in [-0.2, -0.15) is 0 Å². The largest absolute Gasteiger partial charge is 0.338 e. The van der Waals surface area contributed by atoms with Crippen LogP contribution >= 0.6 is 11.6 Å². The van der Waals surface area contributed by atoms with Gasteiger partial charge in [-0.15, -0.1) is 0 Å². The number of nitrogens with two attached hydrogens (primary N) is 1. The van der Waals surface area contributed by atoms with Crippen LogP contribution in [0, 0.1) is 12.8 Å². The first-order valence-electron chi connectivity index (χ1n) is 6.82.